The van der Waals surface area contributed by atoms with E-state index >= 15 is 0 Å². The third-order valence-electron chi connectivity index (χ3n) is 0.311. The van der Waals surface area contributed by atoms with E-state index in [0.29, 0.717) is 0 Å². The third kappa shape index (κ3) is 27.7. The Bertz CT molecular complexity index is 134. The fourth-order valence-electron chi connectivity index (χ4n) is 0. The van der Waals surface area contributed by atoms with Gasteiger partial charge in [-0.25, -0.2) is 4.79 Å². The van der Waals surface area contributed by atoms with Crippen LogP contribution in [0.25, 0.3) is 0 Å². The van der Waals surface area contributed by atoms with Crippen molar-refractivity contribution in [3.05, 3.63) is 24.6 Å². The Morgan fingerprint density at radius 2 is 1.80 bits per heavy atom. The van der Waals surface area contributed by atoms with Gasteiger partial charge in [-0.2, -0.15) is 0 Å². The Morgan fingerprint density at radius 3 is 1.80 bits per heavy atom. The molecular weight excluding hydrogens is 156 g/mol. The van der Waals surface area contributed by atoms with Crippen LogP contribution < -0.4 is 0 Å². The summed E-state index contributed by atoms with van der Waals surface area (Å²) < 4.78 is 18.5. The van der Waals surface area contributed by atoms with Crippen molar-refractivity contribution in [1.29, 1.82) is 0 Å². The summed E-state index contributed by atoms with van der Waals surface area (Å²) in [5.74, 6) is -0.981. The average Bonchev–Trinajstić information content (AvgIpc) is 1.89. The third-order valence-corrected chi connectivity index (χ3v) is 0.583. The van der Waals surface area contributed by atoms with E-state index in [-0.39, 0.29) is 0 Å². The molecule has 0 spiro atoms. The lowest BCUT2D eigenvalue weighted by Gasteiger charge is -1.88. The van der Waals surface area contributed by atoms with Gasteiger partial charge in [0.2, 0.25) is 0 Å². The Hall–Kier alpha value is -0.940. The highest BCUT2D eigenvalue weighted by Crippen LogP contribution is 1.64. The van der Waals surface area contributed by atoms with Gasteiger partial charge >= 0.3 is 5.97 Å². The van der Waals surface area contributed by atoms with Crippen molar-refractivity contribution in [1.82, 2.24) is 0 Å². The number of aliphatic carboxylic acids is 1. The van der Waals surface area contributed by atoms with Gasteiger partial charge in [0.05, 0.1) is 0 Å². The Balaban J connectivity index is 0. The molecule has 0 aromatic rings. The maximum atomic E-state index is 9.25. The van der Waals surface area contributed by atoms with Crippen LogP contribution in [0.2, 0.25) is 0 Å². The van der Waals surface area contributed by atoms with Gasteiger partial charge in [0.1, 0.15) is 0 Å². The molecule has 0 aliphatic carbocycles. The molecule has 0 aromatic heterocycles. The molecule has 0 aliphatic heterocycles. The summed E-state index contributed by atoms with van der Waals surface area (Å²) in [6.07, 6.45) is 0.833. The highest BCUT2D eigenvalue weighted by atomic mass is 32.2. The van der Waals surface area contributed by atoms with E-state index in [1.165, 1.54) is 0 Å². The van der Waals surface area contributed by atoms with Crippen molar-refractivity contribution in [3.63, 3.8) is 0 Å². The number of carbonyl (C=O) groups is 1. The van der Waals surface area contributed by atoms with E-state index in [1.807, 2.05) is 0 Å². The summed E-state index contributed by atoms with van der Waals surface area (Å²) in [5.41, 5.74) is 0. The zero-order valence-electron chi connectivity index (χ0n) is 5.15. The Morgan fingerprint density at radius 1 is 1.60 bits per heavy atom. The average molecular weight is 163 g/mol. The first-order valence-corrected chi connectivity index (χ1v) is 3.24. The Labute approximate surface area is 61.2 Å². The lowest BCUT2D eigenvalue weighted by atomic mass is 10.7. The predicted octanol–water partition coefficient (Wildman–Crippen LogP) is 0.266. The minimum absolute atomic E-state index is 0.833. The molecule has 0 amide bonds. The molecule has 1 N–H and O–H groups in total. The van der Waals surface area contributed by atoms with Crippen LogP contribution in [0.1, 0.15) is 0 Å². The minimum Gasteiger partial charge on any atom is -0.769 e. The summed E-state index contributed by atoms with van der Waals surface area (Å²) in [4.78, 5) is 9.25. The van der Waals surface area contributed by atoms with Crippen molar-refractivity contribution in [2.24, 2.45) is 0 Å². The fraction of sp³-hybridized carbons (Fsp3) is 0. The summed E-state index contributed by atoms with van der Waals surface area (Å²) in [7, 11) is 0. The maximum Gasteiger partial charge on any atom is 0.327 e. The summed E-state index contributed by atoms with van der Waals surface area (Å²) in [5, 5.41) is 8.44. The molecule has 0 saturated heterocycles. The quantitative estimate of drug-likeness (QED) is 0.468. The summed E-state index contributed by atoms with van der Waals surface area (Å²) in [6.45, 7) is 5.91. The maximum absolute atomic E-state index is 9.25. The van der Waals surface area contributed by atoms with E-state index < -0.39 is 17.0 Å². The van der Waals surface area contributed by atoms with E-state index in [1.54, 1.807) is 0 Å². The number of hydrogen-bond donors (Lipinski definition) is 1. The van der Waals surface area contributed by atoms with Gasteiger partial charge in [0.25, 0.3) is 0 Å². The molecule has 5 heteroatoms. The van der Waals surface area contributed by atoms with Gasteiger partial charge in [-0.1, -0.05) is 13.2 Å². The van der Waals surface area contributed by atoms with Crippen molar-refractivity contribution in [3.8, 4) is 0 Å². The first-order valence-electron chi connectivity index (χ1n) is 2.10. The van der Waals surface area contributed by atoms with E-state index in [2.05, 4.69) is 13.2 Å². The lowest BCUT2D eigenvalue weighted by molar-refractivity contribution is -0.131. The molecule has 0 rings (SSSR count). The normalized spacial score (nSPS) is 10.1. The van der Waals surface area contributed by atoms with Crippen molar-refractivity contribution < 1.29 is 18.7 Å². The number of carboxylic acid groups (broad SMARTS) is 1. The number of rotatable bonds is 2. The molecule has 0 saturated carbocycles. The van der Waals surface area contributed by atoms with Gasteiger partial charge in [-0.3, -0.25) is 4.21 Å². The van der Waals surface area contributed by atoms with E-state index in [4.69, 9.17) is 5.11 Å². The van der Waals surface area contributed by atoms with E-state index in [9.17, 15) is 13.6 Å². The van der Waals surface area contributed by atoms with Crippen LogP contribution in [0.5, 0.6) is 0 Å². The largest absolute Gasteiger partial charge is 0.769 e. The predicted molar refractivity (Wildman–Crippen MR) is 36.9 cm³/mol. The minimum atomic E-state index is -2.06. The van der Waals surface area contributed by atoms with Gasteiger partial charge in [-0.05, 0) is 16.5 Å². The molecule has 1 unspecified atom stereocenters. The molecule has 0 fully saturated rings. The molecule has 0 heterocycles. The molecule has 10 heavy (non-hydrogen) atoms. The van der Waals surface area contributed by atoms with Gasteiger partial charge in [-0.15, -0.1) is 0 Å². The standard InChI is InChI=1S/C3H4O2.C2H4O2S/c1-2-3(4)5;1-2-5(3)4/h2H,1H2,(H,4,5);2H,1H2,(H,3,4)/p-1. The highest BCUT2D eigenvalue weighted by Gasteiger charge is 1.73. The zero-order chi connectivity index (χ0) is 8.57. The van der Waals surface area contributed by atoms with Gasteiger partial charge in [0.15, 0.2) is 0 Å². The molecular formula is C5H7O4S-. The second-order valence-electron chi connectivity index (χ2n) is 0.970. The smallest absolute Gasteiger partial charge is 0.327 e. The topological polar surface area (TPSA) is 77.4 Å². The van der Waals surface area contributed by atoms with Crippen LogP contribution in [-0.2, 0) is 15.9 Å². The molecule has 0 aliphatic rings. The van der Waals surface area contributed by atoms with Crippen molar-refractivity contribution >= 4 is 17.0 Å². The second kappa shape index (κ2) is 8.06. The van der Waals surface area contributed by atoms with Crippen LogP contribution in [0.15, 0.2) is 24.6 Å². The van der Waals surface area contributed by atoms with Crippen molar-refractivity contribution in [2.75, 3.05) is 0 Å². The molecule has 0 aromatic carbocycles. The monoisotopic (exact) mass is 163 g/mol. The molecule has 0 bridgehead atoms. The first kappa shape index (κ1) is 11.8. The fourth-order valence-corrected chi connectivity index (χ4v) is 0. The van der Waals surface area contributed by atoms with Gasteiger partial charge in [0, 0.05) is 6.08 Å². The van der Waals surface area contributed by atoms with Crippen LogP contribution in [0.4, 0.5) is 0 Å². The number of hydrogen-bond acceptors (Lipinski definition) is 3. The van der Waals surface area contributed by atoms with Crippen LogP contribution in [-0.4, -0.2) is 19.8 Å². The van der Waals surface area contributed by atoms with E-state index in [0.717, 1.165) is 11.5 Å². The zero-order valence-corrected chi connectivity index (χ0v) is 5.97. The van der Waals surface area contributed by atoms with Crippen LogP contribution >= 0.6 is 0 Å². The van der Waals surface area contributed by atoms with Gasteiger partial charge < -0.3 is 9.66 Å². The summed E-state index contributed by atoms with van der Waals surface area (Å²) in [6, 6.07) is 0. The first-order chi connectivity index (χ1) is 4.54. The SMILES string of the molecule is C=CC(=O)O.C=CS(=O)[O-]. The number of carboxylic acids is 1. The van der Waals surface area contributed by atoms with Crippen LogP contribution in [0.3, 0.4) is 0 Å². The Kier molecular flexibility index (Phi) is 9.52. The molecule has 4 nitrogen and oxygen atoms in total. The molecule has 0 radical (unpaired) electrons. The summed E-state index contributed by atoms with van der Waals surface area (Å²) >= 11 is -2.06. The highest BCUT2D eigenvalue weighted by molar-refractivity contribution is 7.82. The molecule has 58 valence electrons. The second-order valence-corrected chi connectivity index (χ2v) is 1.82. The van der Waals surface area contributed by atoms with Crippen LogP contribution in [0, 0.1) is 0 Å². The lowest BCUT2D eigenvalue weighted by Crippen LogP contribution is -1.82. The molecule has 1 atom stereocenters. The van der Waals surface area contributed by atoms with Crippen molar-refractivity contribution in [2.45, 2.75) is 0 Å².